The second kappa shape index (κ2) is 6.50. The molecule has 0 saturated heterocycles. The van der Waals surface area contributed by atoms with E-state index in [1.54, 1.807) is 0 Å². The van der Waals surface area contributed by atoms with Crippen molar-refractivity contribution in [1.29, 1.82) is 0 Å². The third-order valence-electron chi connectivity index (χ3n) is 3.05. The van der Waals surface area contributed by atoms with Crippen LogP contribution in [0.1, 0.15) is 64.0 Å². The van der Waals surface area contributed by atoms with E-state index in [1.165, 1.54) is 6.92 Å². The number of carbonyl (C=O) groups is 2. The number of amides is 1. The second-order valence-corrected chi connectivity index (χ2v) is 5.55. The Kier molecular flexibility index (Phi) is 5.28. The van der Waals surface area contributed by atoms with E-state index in [9.17, 15) is 9.59 Å². The molecule has 0 radical (unpaired) electrons. The molecular weight excluding hydrogens is 238 g/mol. The van der Waals surface area contributed by atoms with Crippen molar-refractivity contribution >= 4 is 17.4 Å². The molecule has 0 atom stereocenters. The fraction of sp³-hybridized carbons (Fsp3) is 0.500. The number of benzene rings is 1. The lowest BCUT2D eigenvalue weighted by Gasteiger charge is -2.20. The van der Waals surface area contributed by atoms with Gasteiger partial charge in [0.15, 0.2) is 0 Å². The van der Waals surface area contributed by atoms with Gasteiger partial charge in [0.25, 0.3) is 0 Å². The highest BCUT2D eigenvalue weighted by atomic mass is 16.2. The Morgan fingerprint density at radius 2 is 1.53 bits per heavy atom. The molecule has 0 aliphatic carbocycles. The average molecular weight is 261 g/mol. The Balaban J connectivity index is 3.14. The van der Waals surface area contributed by atoms with Gasteiger partial charge in [0.2, 0.25) is 5.91 Å². The lowest BCUT2D eigenvalue weighted by molar-refractivity contribution is -0.124. The molecule has 1 aromatic rings. The topological polar surface area (TPSA) is 46.2 Å². The van der Waals surface area contributed by atoms with Gasteiger partial charge in [-0.15, -0.1) is 0 Å². The normalized spacial score (nSPS) is 10.9. The standard InChI is InChI=1S/C16H23NO2/c1-10(2)13-7-6-8-14(11(3)4)16(13)17-15(19)9-12(5)18/h6-8,10-11H,9H2,1-5H3,(H,17,19). The molecule has 0 spiro atoms. The summed E-state index contributed by atoms with van der Waals surface area (Å²) in [6.07, 6.45) is -0.0655. The predicted octanol–water partition coefficient (Wildman–Crippen LogP) is 3.85. The summed E-state index contributed by atoms with van der Waals surface area (Å²) in [5.41, 5.74) is 3.10. The lowest BCUT2D eigenvalue weighted by atomic mass is 9.92. The average Bonchev–Trinajstić information content (AvgIpc) is 2.27. The Labute approximate surface area is 115 Å². The van der Waals surface area contributed by atoms with Crippen LogP contribution in [-0.2, 0) is 9.59 Å². The first-order chi connectivity index (χ1) is 8.82. The van der Waals surface area contributed by atoms with Gasteiger partial charge in [-0.25, -0.2) is 0 Å². The molecule has 1 amide bonds. The van der Waals surface area contributed by atoms with Crippen LogP contribution in [0.4, 0.5) is 5.69 Å². The summed E-state index contributed by atoms with van der Waals surface area (Å²) in [7, 11) is 0. The third kappa shape index (κ3) is 4.19. The smallest absolute Gasteiger partial charge is 0.231 e. The number of hydrogen-bond donors (Lipinski definition) is 1. The monoisotopic (exact) mass is 261 g/mol. The maximum atomic E-state index is 11.8. The summed E-state index contributed by atoms with van der Waals surface area (Å²) in [4.78, 5) is 22.9. The summed E-state index contributed by atoms with van der Waals surface area (Å²) in [6.45, 7) is 9.82. The zero-order valence-corrected chi connectivity index (χ0v) is 12.4. The molecular formula is C16H23NO2. The van der Waals surface area contributed by atoms with Gasteiger partial charge in [-0.05, 0) is 29.9 Å². The van der Waals surface area contributed by atoms with Crippen LogP contribution >= 0.6 is 0 Å². The molecule has 0 aromatic heterocycles. The molecule has 0 bridgehead atoms. The van der Waals surface area contributed by atoms with Crippen LogP contribution in [-0.4, -0.2) is 11.7 Å². The van der Waals surface area contributed by atoms with Crippen molar-refractivity contribution in [2.45, 2.75) is 52.9 Å². The molecule has 0 aliphatic rings. The predicted molar refractivity (Wildman–Crippen MR) is 78.5 cm³/mol. The number of carbonyl (C=O) groups excluding carboxylic acids is 2. The highest BCUT2D eigenvalue weighted by Crippen LogP contribution is 2.32. The van der Waals surface area contributed by atoms with Crippen LogP contribution < -0.4 is 5.32 Å². The second-order valence-electron chi connectivity index (χ2n) is 5.55. The fourth-order valence-electron chi connectivity index (χ4n) is 2.11. The maximum Gasteiger partial charge on any atom is 0.231 e. The lowest BCUT2D eigenvalue weighted by Crippen LogP contribution is -2.17. The van der Waals surface area contributed by atoms with Crippen LogP contribution in [0, 0.1) is 0 Å². The largest absolute Gasteiger partial charge is 0.325 e. The number of anilines is 1. The van der Waals surface area contributed by atoms with Crippen molar-refractivity contribution in [1.82, 2.24) is 0 Å². The quantitative estimate of drug-likeness (QED) is 0.818. The van der Waals surface area contributed by atoms with Crippen molar-refractivity contribution < 1.29 is 9.59 Å². The minimum atomic E-state index is -0.234. The number of para-hydroxylation sites is 1. The van der Waals surface area contributed by atoms with Crippen molar-refractivity contribution in [3.63, 3.8) is 0 Å². The molecule has 0 saturated carbocycles. The van der Waals surface area contributed by atoms with Crippen molar-refractivity contribution in [3.8, 4) is 0 Å². The van der Waals surface area contributed by atoms with Gasteiger partial charge in [0.1, 0.15) is 5.78 Å². The van der Waals surface area contributed by atoms with Crippen LogP contribution in [0.15, 0.2) is 18.2 Å². The fourth-order valence-corrected chi connectivity index (χ4v) is 2.11. The van der Waals surface area contributed by atoms with E-state index in [-0.39, 0.29) is 18.1 Å². The van der Waals surface area contributed by atoms with Gasteiger partial charge >= 0.3 is 0 Å². The minimum Gasteiger partial charge on any atom is -0.325 e. The first-order valence-corrected chi connectivity index (χ1v) is 6.75. The number of nitrogens with one attached hydrogen (secondary N) is 1. The molecule has 1 N–H and O–H groups in total. The van der Waals surface area contributed by atoms with E-state index in [2.05, 4.69) is 33.0 Å². The molecule has 104 valence electrons. The van der Waals surface area contributed by atoms with Gasteiger partial charge in [-0.2, -0.15) is 0 Å². The zero-order valence-electron chi connectivity index (χ0n) is 12.4. The van der Waals surface area contributed by atoms with E-state index < -0.39 is 0 Å². The van der Waals surface area contributed by atoms with Gasteiger partial charge < -0.3 is 5.32 Å². The molecule has 1 aromatic carbocycles. The maximum absolute atomic E-state index is 11.8. The number of hydrogen-bond acceptors (Lipinski definition) is 2. The summed E-state index contributed by atoms with van der Waals surface area (Å²) >= 11 is 0. The van der Waals surface area contributed by atoms with Crippen molar-refractivity contribution in [2.75, 3.05) is 5.32 Å². The Hall–Kier alpha value is -1.64. The Morgan fingerprint density at radius 1 is 1.05 bits per heavy atom. The highest BCUT2D eigenvalue weighted by molar-refractivity contribution is 6.04. The van der Waals surface area contributed by atoms with Crippen molar-refractivity contribution in [2.24, 2.45) is 0 Å². The summed E-state index contributed by atoms with van der Waals surface area (Å²) in [5.74, 6) is 0.297. The van der Waals surface area contributed by atoms with Gasteiger partial charge in [-0.3, -0.25) is 9.59 Å². The zero-order chi connectivity index (χ0) is 14.6. The van der Waals surface area contributed by atoms with E-state index in [1.807, 2.05) is 18.2 Å². The number of ketones is 1. The van der Waals surface area contributed by atoms with E-state index >= 15 is 0 Å². The van der Waals surface area contributed by atoms with E-state index in [4.69, 9.17) is 0 Å². The third-order valence-corrected chi connectivity index (χ3v) is 3.05. The SMILES string of the molecule is CC(=O)CC(=O)Nc1c(C(C)C)cccc1C(C)C. The van der Waals surface area contributed by atoms with E-state index in [0.717, 1.165) is 16.8 Å². The molecule has 1 rings (SSSR count). The Bertz CT molecular complexity index is 449. The van der Waals surface area contributed by atoms with Crippen LogP contribution in [0.3, 0.4) is 0 Å². The number of Topliss-reactive ketones (excluding diaryl/α,β-unsaturated/α-hetero) is 1. The van der Waals surface area contributed by atoms with Crippen LogP contribution in [0.5, 0.6) is 0 Å². The van der Waals surface area contributed by atoms with Gasteiger partial charge in [0, 0.05) is 5.69 Å². The van der Waals surface area contributed by atoms with E-state index in [0.29, 0.717) is 11.8 Å². The molecule has 0 unspecified atom stereocenters. The first-order valence-electron chi connectivity index (χ1n) is 6.75. The first kappa shape index (κ1) is 15.4. The highest BCUT2D eigenvalue weighted by Gasteiger charge is 2.16. The molecule has 3 heteroatoms. The minimum absolute atomic E-state index is 0.0655. The van der Waals surface area contributed by atoms with Gasteiger partial charge in [0.05, 0.1) is 6.42 Å². The van der Waals surface area contributed by atoms with Crippen LogP contribution in [0.25, 0.3) is 0 Å². The van der Waals surface area contributed by atoms with Crippen molar-refractivity contribution in [3.05, 3.63) is 29.3 Å². The number of rotatable bonds is 5. The molecule has 3 nitrogen and oxygen atoms in total. The molecule has 0 aliphatic heterocycles. The Morgan fingerprint density at radius 3 is 1.89 bits per heavy atom. The van der Waals surface area contributed by atoms with Gasteiger partial charge in [-0.1, -0.05) is 45.9 Å². The van der Waals surface area contributed by atoms with Crippen LogP contribution in [0.2, 0.25) is 0 Å². The summed E-state index contributed by atoms with van der Waals surface area (Å²) < 4.78 is 0. The summed E-state index contributed by atoms with van der Waals surface area (Å²) in [5, 5.41) is 2.91. The summed E-state index contributed by atoms with van der Waals surface area (Å²) in [6, 6.07) is 6.07. The molecule has 0 heterocycles. The molecule has 19 heavy (non-hydrogen) atoms. The molecule has 0 fully saturated rings.